The second-order valence-corrected chi connectivity index (χ2v) is 11.9. The van der Waals surface area contributed by atoms with Crippen molar-refractivity contribution in [3.8, 4) is 11.1 Å². The van der Waals surface area contributed by atoms with E-state index in [0.29, 0.717) is 42.1 Å². The van der Waals surface area contributed by atoms with Crippen molar-refractivity contribution >= 4 is 33.4 Å². The summed E-state index contributed by atoms with van der Waals surface area (Å²) in [5.74, 6) is -0.319. The highest BCUT2D eigenvalue weighted by Crippen LogP contribution is 2.41. The van der Waals surface area contributed by atoms with E-state index in [1.54, 1.807) is 29.0 Å². The van der Waals surface area contributed by atoms with Crippen molar-refractivity contribution in [1.29, 1.82) is 0 Å². The molecule has 1 aromatic heterocycles. The van der Waals surface area contributed by atoms with Gasteiger partial charge in [-0.1, -0.05) is 51.5 Å². The lowest BCUT2D eigenvalue weighted by atomic mass is 9.98. The molecule has 1 saturated heterocycles. The number of esters is 1. The van der Waals surface area contributed by atoms with E-state index < -0.39 is 16.0 Å². The molecule has 1 aliphatic rings. The van der Waals surface area contributed by atoms with E-state index in [9.17, 15) is 18.0 Å². The summed E-state index contributed by atoms with van der Waals surface area (Å²) in [5.41, 5.74) is 2.07. The standard InChI is InChI=1S/C24H33N3O5S2/c1-5-6-13-32-22(28)21-19(14-16(2)3)33-23(34(25,30)31)20(21)18-9-7-17(8-10-18)15-27-12-11-26(4)24(27)29/h7-10,16H,5-6,11-15H2,1-4H3,(H2,25,30,31). The molecule has 0 radical (unpaired) electrons. The van der Waals surface area contributed by atoms with Crippen molar-refractivity contribution in [2.75, 3.05) is 26.7 Å². The Labute approximate surface area is 205 Å². The van der Waals surface area contributed by atoms with Gasteiger partial charge in [0, 0.05) is 37.1 Å². The Hall–Kier alpha value is -2.43. The summed E-state index contributed by atoms with van der Waals surface area (Å²) in [6, 6.07) is 7.23. The van der Waals surface area contributed by atoms with E-state index in [1.165, 1.54) is 0 Å². The summed E-state index contributed by atoms with van der Waals surface area (Å²) in [4.78, 5) is 29.4. The van der Waals surface area contributed by atoms with Crippen LogP contribution in [0, 0.1) is 5.92 Å². The largest absolute Gasteiger partial charge is 0.462 e. The van der Waals surface area contributed by atoms with Gasteiger partial charge < -0.3 is 14.5 Å². The first-order valence-electron chi connectivity index (χ1n) is 11.5. The van der Waals surface area contributed by atoms with Gasteiger partial charge >= 0.3 is 12.0 Å². The normalized spacial score (nSPS) is 14.4. The number of benzene rings is 1. The van der Waals surface area contributed by atoms with E-state index in [2.05, 4.69) is 0 Å². The van der Waals surface area contributed by atoms with Gasteiger partial charge in [0.15, 0.2) is 0 Å². The fourth-order valence-corrected chi connectivity index (χ4v) is 6.40. The predicted octanol–water partition coefficient (Wildman–Crippen LogP) is 4.09. The first kappa shape index (κ1) is 26.2. The number of primary sulfonamides is 1. The van der Waals surface area contributed by atoms with Crippen molar-refractivity contribution in [3.05, 3.63) is 40.3 Å². The quantitative estimate of drug-likeness (QED) is 0.385. The molecule has 8 nitrogen and oxygen atoms in total. The van der Waals surface area contributed by atoms with Crippen LogP contribution in [-0.4, -0.2) is 57.0 Å². The summed E-state index contributed by atoms with van der Waals surface area (Å²) >= 11 is 1.04. The van der Waals surface area contributed by atoms with Crippen LogP contribution < -0.4 is 5.14 Å². The Morgan fingerprint density at radius 3 is 2.41 bits per heavy atom. The number of carbonyl (C=O) groups is 2. The van der Waals surface area contributed by atoms with Crippen LogP contribution in [0.5, 0.6) is 0 Å². The Bertz CT molecular complexity index is 1140. The molecule has 2 amide bonds. The summed E-state index contributed by atoms with van der Waals surface area (Å²) in [7, 11) is -2.30. The smallest absolute Gasteiger partial charge is 0.339 e. The van der Waals surface area contributed by atoms with E-state index in [0.717, 1.165) is 29.7 Å². The molecule has 1 fully saturated rings. The number of thiophene rings is 1. The Morgan fingerprint density at radius 1 is 1.21 bits per heavy atom. The first-order valence-corrected chi connectivity index (χ1v) is 13.8. The average molecular weight is 508 g/mol. The van der Waals surface area contributed by atoms with Crippen LogP contribution in [0.1, 0.15) is 54.4 Å². The Balaban J connectivity index is 2.03. The van der Waals surface area contributed by atoms with Crippen molar-refractivity contribution in [2.24, 2.45) is 11.1 Å². The van der Waals surface area contributed by atoms with Gasteiger partial charge in [0.2, 0.25) is 10.0 Å². The van der Waals surface area contributed by atoms with E-state index >= 15 is 0 Å². The molecule has 0 atom stereocenters. The Morgan fingerprint density at radius 2 is 1.88 bits per heavy atom. The van der Waals surface area contributed by atoms with Crippen LogP contribution in [0.3, 0.4) is 0 Å². The minimum absolute atomic E-state index is 0.0196. The van der Waals surface area contributed by atoms with E-state index in [-0.39, 0.29) is 28.3 Å². The number of nitrogens with zero attached hydrogens (tertiary/aromatic N) is 2. The third-order valence-electron chi connectivity index (χ3n) is 5.65. The summed E-state index contributed by atoms with van der Waals surface area (Å²) in [6.07, 6.45) is 2.14. The Kier molecular flexibility index (Phi) is 8.38. The fraction of sp³-hybridized carbons (Fsp3) is 0.500. The third-order valence-corrected chi connectivity index (χ3v) is 8.33. The van der Waals surface area contributed by atoms with Crippen LogP contribution in [0.4, 0.5) is 4.79 Å². The van der Waals surface area contributed by atoms with Gasteiger partial charge in [-0.05, 0) is 29.9 Å². The second-order valence-electron chi connectivity index (χ2n) is 9.02. The highest BCUT2D eigenvalue weighted by Gasteiger charge is 2.31. The molecule has 0 bridgehead atoms. The molecular weight excluding hydrogens is 474 g/mol. The molecule has 0 aliphatic carbocycles. The van der Waals surface area contributed by atoms with Gasteiger partial charge in [0.25, 0.3) is 0 Å². The molecule has 0 saturated carbocycles. The van der Waals surface area contributed by atoms with Crippen LogP contribution in [-0.2, 0) is 27.7 Å². The molecule has 3 rings (SSSR count). The number of nitrogens with two attached hydrogens (primary N) is 1. The van der Waals surface area contributed by atoms with Crippen molar-refractivity contribution < 1.29 is 22.7 Å². The van der Waals surface area contributed by atoms with E-state index in [4.69, 9.17) is 9.88 Å². The van der Waals surface area contributed by atoms with Gasteiger partial charge in [0.1, 0.15) is 4.21 Å². The molecule has 0 unspecified atom stereocenters. The molecule has 1 aliphatic heterocycles. The highest BCUT2D eigenvalue weighted by molar-refractivity contribution is 7.91. The zero-order chi connectivity index (χ0) is 25.0. The van der Waals surface area contributed by atoms with Gasteiger partial charge in [-0.25, -0.2) is 23.1 Å². The van der Waals surface area contributed by atoms with Gasteiger partial charge in [-0.2, -0.15) is 0 Å². The number of hydrogen-bond donors (Lipinski definition) is 1. The molecule has 10 heteroatoms. The highest BCUT2D eigenvalue weighted by atomic mass is 32.2. The summed E-state index contributed by atoms with van der Waals surface area (Å²) in [5, 5.41) is 5.58. The SMILES string of the molecule is CCCCOC(=O)c1c(CC(C)C)sc(S(N)(=O)=O)c1-c1ccc(CN2CCN(C)C2=O)cc1. The number of amides is 2. The molecule has 0 spiro atoms. The van der Waals surface area contributed by atoms with Crippen LogP contribution in [0.25, 0.3) is 11.1 Å². The minimum atomic E-state index is -4.07. The maximum atomic E-state index is 13.1. The molecular formula is C24H33N3O5S2. The van der Waals surface area contributed by atoms with Crippen LogP contribution in [0.15, 0.2) is 28.5 Å². The van der Waals surface area contributed by atoms with Crippen molar-refractivity contribution in [2.45, 2.75) is 50.8 Å². The molecule has 34 heavy (non-hydrogen) atoms. The fourth-order valence-electron chi connectivity index (χ4n) is 3.88. The van der Waals surface area contributed by atoms with Crippen LogP contribution >= 0.6 is 11.3 Å². The first-order chi connectivity index (χ1) is 16.0. The summed E-state index contributed by atoms with van der Waals surface area (Å²) < 4.78 is 30.5. The minimum Gasteiger partial charge on any atom is -0.462 e. The number of sulfonamides is 1. The maximum absolute atomic E-state index is 13.1. The lowest BCUT2D eigenvalue weighted by Crippen LogP contribution is -2.28. The number of unbranched alkanes of at least 4 members (excludes halogenated alkanes) is 1. The summed E-state index contributed by atoms with van der Waals surface area (Å²) in [6.45, 7) is 8.09. The lowest BCUT2D eigenvalue weighted by molar-refractivity contribution is 0.0500. The number of rotatable bonds is 10. The second kappa shape index (κ2) is 10.9. The zero-order valence-electron chi connectivity index (χ0n) is 20.2. The van der Waals surface area contributed by atoms with Gasteiger partial charge in [-0.3, -0.25) is 0 Å². The topological polar surface area (TPSA) is 110 Å². The van der Waals surface area contributed by atoms with Crippen LogP contribution in [0.2, 0.25) is 0 Å². The van der Waals surface area contributed by atoms with Crippen molar-refractivity contribution in [1.82, 2.24) is 9.80 Å². The molecule has 2 aromatic rings. The molecule has 1 aromatic carbocycles. The maximum Gasteiger partial charge on any atom is 0.339 e. The van der Waals surface area contributed by atoms with Crippen molar-refractivity contribution in [3.63, 3.8) is 0 Å². The van der Waals surface area contributed by atoms with Gasteiger partial charge in [0.05, 0.1) is 12.2 Å². The number of hydrogen-bond acceptors (Lipinski definition) is 6. The predicted molar refractivity (Wildman–Crippen MR) is 133 cm³/mol. The monoisotopic (exact) mass is 507 g/mol. The zero-order valence-corrected chi connectivity index (χ0v) is 21.8. The number of carbonyl (C=O) groups excluding carboxylic acids is 2. The van der Waals surface area contributed by atoms with E-state index in [1.807, 2.05) is 32.9 Å². The number of likely N-dealkylation sites (N-methyl/N-ethyl adjacent to an activating group) is 1. The van der Waals surface area contributed by atoms with Gasteiger partial charge in [-0.15, -0.1) is 11.3 Å². The number of urea groups is 1. The number of ether oxygens (including phenoxy) is 1. The lowest BCUT2D eigenvalue weighted by Gasteiger charge is -2.16. The average Bonchev–Trinajstić information content (AvgIpc) is 3.29. The molecule has 2 N–H and O–H groups in total. The molecule has 186 valence electrons. The molecule has 2 heterocycles. The third kappa shape index (κ3) is 5.97.